The first-order valence-corrected chi connectivity index (χ1v) is 8.60. The van der Waals surface area contributed by atoms with Crippen LogP contribution in [0, 0.1) is 0 Å². The highest BCUT2D eigenvalue weighted by atomic mass is 16.6. The summed E-state index contributed by atoms with van der Waals surface area (Å²) in [4.78, 5) is 27.6. The Labute approximate surface area is 144 Å². The van der Waals surface area contributed by atoms with Crippen LogP contribution >= 0.6 is 0 Å². The van der Waals surface area contributed by atoms with E-state index in [-0.39, 0.29) is 17.4 Å². The number of benzene rings is 1. The van der Waals surface area contributed by atoms with Crippen molar-refractivity contribution in [2.45, 2.75) is 39.5 Å². The molecule has 0 bridgehead atoms. The number of nitrogens with zero attached hydrogens (tertiary/aromatic N) is 2. The van der Waals surface area contributed by atoms with Crippen molar-refractivity contribution >= 4 is 12.0 Å². The van der Waals surface area contributed by atoms with Gasteiger partial charge in [-0.15, -0.1) is 0 Å². The molecule has 0 radical (unpaired) electrons. The van der Waals surface area contributed by atoms with Crippen LogP contribution in [-0.4, -0.2) is 54.6 Å². The Balaban J connectivity index is 1.86. The van der Waals surface area contributed by atoms with Crippen molar-refractivity contribution in [3.63, 3.8) is 0 Å². The van der Waals surface area contributed by atoms with Gasteiger partial charge in [0.1, 0.15) is 0 Å². The van der Waals surface area contributed by atoms with Crippen LogP contribution in [0.1, 0.15) is 38.8 Å². The molecule has 1 saturated heterocycles. The molecule has 0 N–H and O–H groups in total. The van der Waals surface area contributed by atoms with E-state index in [4.69, 9.17) is 4.74 Å². The maximum Gasteiger partial charge on any atom is 0.409 e. The maximum atomic E-state index is 12.4. The highest BCUT2D eigenvalue weighted by Gasteiger charge is 2.24. The Morgan fingerprint density at radius 3 is 2.04 bits per heavy atom. The SMILES string of the molecule is CCOC(=O)N1CCN(C(=O)Cc2ccc(C(C)(C)C)cc2)CC1. The van der Waals surface area contributed by atoms with Crippen molar-refractivity contribution in [2.75, 3.05) is 32.8 Å². The molecule has 1 aliphatic rings. The average Bonchev–Trinajstić information content (AvgIpc) is 2.55. The number of piperazine rings is 1. The zero-order valence-corrected chi connectivity index (χ0v) is 15.2. The van der Waals surface area contributed by atoms with Gasteiger partial charge in [-0.3, -0.25) is 4.79 Å². The van der Waals surface area contributed by atoms with Crippen LogP contribution in [-0.2, 0) is 21.4 Å². The Hall–Kier alpha value is -2.04. The minimum Gasteiger partial charge on any atom is -0.450 e. The van der Waals surface area contributed by atoms with Gasteiger partial charge in [-0.1, -0.05) is 45.0 Å². The highest BCUT2D eigenvalue weighted by Crippen LogP contribution is 2.22. The summed E-state index contributed by atoms with van der Waals surface area (Å²) in [6.45, 7) is 10.9. The minimum atomic E-state index is -0.289. The second-order valence-corrected chi connectivity index (χ2v) is 7.19. The fraction of sp³-hybridized carbons (Fsp3) is 0.579. The van der Waals surface area contributed by atoms with E-state index in [1.54, 1.807) is 11.8 Å². The van der Waals surface area contributed by atoms with Gasteiger partial charge in [-0.25, -0.2) is 4.79 Å². The van der Waals surface area contributed by atoms with Gasteiger partial charge in [0.05, 0.1) is 13.0 Å². The van der Waals surface area contributed by atoms with Crippen LogP contribution in [0.4, 0.5) is 4.79 Å². The predicted molar refractivity (Wildman–Crippen MR) is 94.0 cm³/mol. The summed E-state index contributed by atoms with van der Waals surface area (Å²) < 4.78 is 4.99. The summed E-state index contributed by atoms with van der Waals surface area (Å²) >= 11 is 0. The van der Waals surface area contributed by atoms with Crippen LogP contribution < -0.4 is 0 Å². The van der Waals surface area contributed by atoms with E-state index in [1.807, 2.05) is 17.0 Å². The van der Waals surface area contributed by atoms with E-state index in [0.29, 0.717) is 39.2 Å². The molecule has 132 valence electrons. The number of rotatable bonds is 3. The van der Waals surface area contributed by atoms with Crippen LogP contribution in [0.3, 0.4) is 0 Å². The molecule has 5 heteroatoms. The lowest BCUT2D eigenvalue weighted by molar-refractivity contribution is -0.132. The maximum absolute atomic E-state index is 12.4. The second-order valence-electron chi connectivity index (χ2n) is 7.19. The van der Waals surface area contributed by atoms with Gasteiger partial charge < -0.3 is 14.5 Å². The van der Waals surface area contributed by atoms with Crippen molar-refractivity contribution in [1.82, 2.24) is 9.80 Å². The van der Waals surface area contributed by atoms with Gasteiger partial charge in [0.15, 0.2) is 0 Å². The Kier molecular flexibility index (Phi) is 5.86. The van der Waals surface area contributed by atoms with E-state index in [0.717, 1.165) is 5.56 Å². The average molecular weight is 332 g/mol. The van der Waals surface area contributed by atoms with Gasteiger partial charge in [0, 0.05) is 26.2 Å². The van der Waals surface area contributed by atoms with Crippen molar-refractivity contribution in [3.8, 4) is 0 Å². The summed E-state index contributed by atoms with van der Waals surface area (Å²) in [5.74, 6) is 0.113. The third-order valence-corrected chi connectivity index (χ3v) is 4.33. The number of carbonyl (C=O) groups is 2. The third kappa shape index (κ3) is 4.73. The van der Waals surface area contributed by atoms with Gasteiger partial charge in [0.2, 0.25) is 5.91 Å². The molecule has 2 amide bonds. The van der Waals surface area contributed by atoms with Gasteiger partial charge in [0.25, 0.3) is 0 Å². The van der Waals surface area contributed by atoms with E-state index in [1.165, 1.54) is 5.56 Å². The molecule has 0 atom stereocenters. The molecule has 0 saturated carbocycles. The molecule has 1 heterocycles. The Bertz CT molecular complexity index is 567. The second kappa shape index (κ2) is 7.69. The summed E-state index contributed by atoms with van der Waals surface area (Å²) in [6.07, 6.45) is 0.117. The standard InChI is InChI=1S/C19H28N2O3/c1-5-24-18(23)21-12-10-20(11-13-21)17(22)14-15-6-8-16(9-7-15)19(2,3)4/h6-9H,5,10-14H2,1-4H3. The highest BCUT2D eigenvalue weighted by molar-refractivity contribution is 5.79. The van der Waals surface area contributed by atoms with Crippen molar-refractivity contribution in [2.24, 2.45) is 0 Å². The van der Waals surface area contributed by atoms with E-state index in [2.05, 4.69) is 32.9 Å². The van der Waals surface area contributed by atoms with Gasteiger partial charge >= 0.3 is 6.09 Å². The normalized spacial score (nSPS) is 15.3. The number of hydrogen-bond donors (Lipinski definition) is 0. The zero-order valence-electron chi connectivity index (χ0n) is 15.2. The number of carbonyl (C=O) groups excluding carboxylic acids is 2. The van der Waals surface area contributed by atoms with E-state index >= 15 is 0 Å². The monoisotopic (exact) mass is 332 g/mol. The molecule has 0 aromatic heterocycles. The molecular weight excluding hydrogens is 304 g/mol. The molecular formula is C19H28N2O3. The van der Waals surface area contributed by atoms with Crippen molar-refractivity contribution in [1.29, 1.82) is 0 Å². The van der Waals surface area contributed by atoms with Crippen molar-refractivity contribution < 1.29 is 14.3 Å². The number of amides is 2. The van der Waals surface area contributed by atoms with Crippen LogP contribution in [0.5, 0.6) is 0 Å². The fourth-order valence-electron chi connectivity index (χ4n) is 2.76. The topological polar surface area (TPSA) is 49.9 Å². The zero-order chi connectivity index (χ0) is 17.7. The molecule has 2 rings (SSSR count). The fourth-order valence-corrected chi connectivity index (χ4v) is 2.76. The summed E-state index contributed by atoms with van der Waals surface area (Å²) in [5.41, 5.74) is 2.41. The van der Waals surface area contributed by atoms with Crippen LogP contribution in [0.2, 0.25) is 0 Å². The van der Waals surface area contributed by atoms with Crippen LogP contribution in [0.25, 0.3) is 0 Å². The lowest BCUT2D eigenvalue weighted by Crippen LogP contribution is -2.51. The van der Waals surface area contributed by atoms with E-state index < -0.39 is 0 Å². The Morgan fingerprint density at radius 1 is 1.00 bits per heavy atom. The smallest absolute Gasteiger partial charge is 0.409 e. The summed E-state index contributed by atoms with van der Waals surface area (Å²) in [7, 11) is 0. The van der Waals surface area contributed by atoms with Gasteiger partial charge in [-0.05, 0) is 23.5 Å². The molecule has 0 spiro atoms. The first-order chi connectivity index (χ1) is 11.3. The number of ether oxygens (including phenoxy) is 1. The van der Waals surface area contributed by atoms with Crippen LogP contribution in [0.15, 0.2) is 24.3 Å². The minimum absolute atomic E-state index is 0.113. The first-order valence-electron chi connectivity index (χ1n) is 8.60. The lowest BCUT2D eigenvalue weighted by Gasteiger charge is -2.34. The largest absolute Gasteiger partial charge is 0.450 e. The molecule has 0 unspecified atom stereocenters. The molecule has 1 aromatic rings. The summed E-state index contributed by atoms with van der Waals surface area (Å²) in [5, 5.41) is 0. The molecule has 5 nitrogen and oxygen atoms in total. The quantitative estimate of drug-likeness (QED) is 0.855. The van der Waals surface area contributed by atoms with E-state index in [9.17, 15) is 9.59 Å². The summed E-state index contributed by atoms with van der Waals surface area (Å²) in [6, 6.07) is 8.27. The number of hydrogen-bond acceptors (Lipinski definition) is 3. The first kappa shape index (κ1) is 18.3. The molecule has 1 fully saturated rings. The molecule has 0 aliphatic carbocycles. The third-order valence-electron chi connectivity index (χ3n) is 4.33. The molecule has 24 heavy (non-hydrogen) atoms. The molecule has 1 aromatic carbocycles. The predicted octanol–water partition coefficient (Wildman–Crippen LogP) is 2.83. The van der Waals surface area contributed by atoms with Gasteiger partial charge in [-0.2, -0.15) is 0 Å². The Morgan fingerprint density at radius 2 is 1.54 bits per heavy atom. The lowest BCUT2D eigenvalue weighted by atomic mass is 9.86. The van der Waals surface area contributed by atoms with Crippen molar-refractivity contribution in [3.05, 3.63) is 35.4 Å². The molecule has 1 aliphatic heterocycles.